The molecule has 0 atom stereocenters. The molecule has 126 valence electrons. The Balaban J connectivity index is 1.94. The number of carbonyl (C=O) groups excluding carboxylic acids is 2. The molecule has 0 aromatic heterocycles. The standard InChI is InChI=1S/C18H19FN2O3/c1-3-21(2)18(23)13-6-4-9-16(10-13)24-12-17(22)20-15-8-5-7-14(19)11-15/h4-11H,3,12H2,1-2H3,(H,20,22). The van der Waals surface area contributed by atoms with Gasteiger partial charge in [-0.25, -0.2) is 4.39 Å². The van der Waals surface area contributed by atoms with Crippen LogP contribution >= 0.6 is 0 Å². The summed E-state index contributed by atoms with van der Waals surface area (Å²) in [6.07, 6.45) is 0. The Morgan fingerprint density at radius 2 is 1.92 bits per heavy atom. The highest BCUT2D eigenvalue weighted by Gasteiger charge is 2.11. The van der Waals surface area contributed by atoms with Crippen molar-refractivity contribution >= 4 is 17.5 Å². The average molecular weight is 330 g/mol. The van der Waals surface area contributed by atoms with E-state index in [4.69, 9.17) is 4.74 Å². The summed E-state index contributed by atoms with van der Waals surface area (Å²) in [7, 11) is 1.71. The summed E-state index contributed by atoms with van der Waals surface area (Å²) in [5, 5.41) is 2.54. The molecule has 0 bridgehead atoms. The van der Waals surface area contributed by atoms with Gasteiger partial charge in [0.2, 0.25) is 0 Å². The first-order chi connectivity index (χ1) is 11.5. The van der Waals surface area contributed by atoms with Crippen LogP contribution in [0.4, 0.5) is 10.1 Å². The highest BCUT2D eigenvalue weighted by molar-refractivity contribution is 5.94. The molecule has 0 heterocycles. The van der Waals surface area contributed by atoms with Crippen molar-refractivity contribution in [1.82, 2.24) is 4.90 Å². The third-order valence-electron chi connectivity index (χ3n) is 3.38. The summed E-state index contributed by atoms with van der Waals surface area (Å²) >= 11 is 0. The number of nitrogens with zero attached hydrogens (tertiary/aromatic N) is 1. The van der Waals surface area contributed by atoms with E-state index in [-0.39, 0.29) is 12.5 Å². The van der Waals surface area contributed by atoms with Crippen LogP contribution in [0, 0.1) is 5.82 Å². The molecule has 2 rings (SSSR count). The minimum absolute atomic E-state index is 0.118. The first kappa shape index (κ1) is 17.5. The van der Waals surface area contributed by atoms with Gasteiger partial charge in [0.05, 0.1) is 0 Å². The normalized spacial score (nSPS) is 10.1. The van der Waals surface area contributed by atoms with E-state index in [1.807, 2.05) is 6.92 Å². The molecule has 0 fully saturated rings. The molecule has 6 heteroatoms. The SMILES string of the molecule is CCN(C)C(=O)c1cccc(OCC(=O)Nc2cccc(F)c2)c1. The minimum atomic E-state index is -0.431. The highest BCUT2D eigenvalue weighted by Crippen LogP contribution is 2.15. The van der Waals surface area contributed by atoms with Crippen molar-refractivity contribution < 1.29 is 18.7 Å². The molecule has 5 nitrogen and oxygen atoms in total. The summed E-state index contributed by atoms with van der Waals surface area (Å²) in [5.41, 5.74) is 0.847. The first-order valence-corrected chi connectivity index (χ1v) is 7.53. The quantitative estimate of drug-likeness (QED) is 0.886. The number of amides is 2. The molecule has 0 saturated heterocycles. The molecule has 0 saturated carbocycles. The van der Waals surface area contributed by atoms with E-state index in [9.17, 15) is 14.0 Å². The molecular weight excluding hydrogens is 311 g/mol. The zero-order valence-electron chi connectivity index (χ0n) is 13.6. The molecule has 2 aromatic rings. The summed E-state index contributed by atoms with van der Waals surface area (Å²) in [5.74, 6) is -0.546. The number of ether oxygens (including phenoxy) is 1. The van der Waals surface area contributed by atoms with E-state index in [1.54, 1.807) is 42.3 Å². The fraction of sp³-hybridized carbons (Fsp3) is 0.222. The molecule has 0 unspecified atom stereocenters. The molecule has 2 aromatic carbocycles. The van der Waals surface area contributed by atoms with Crippen molar-refractivity contribution in [2.24, 2.45) is 0 Å². The molecule has 0 radical (unpaired) electrons. The molecule has 0 aliphatic heterocycles. The Hall–Kier alpha value is -2.89. The summed E-state index contributed by atoms with van der Waals surface area (Å²) in [6.45, 7) is 2.24. The van der Waals surface area contributed by atoms with Gasteiger partial charge in [0.1, 0.15) is 11.6 Å². The number of halogens is 1. The third kappa shape index (κ3) is 4.81. The van der Waals surface area contributed by atoms with Crippen LogP contribution in [0.25, 0.3) is 0 Å². The topological polar surface area (TPSA) is 58.6 Å². The van der Waals surface area contributed by atoms with Gasteiger partial charge < -0.3 is 15.0 Å². The summed E-state index contributed by atoms with van der Waals surface area (Å²) < 4.78 is 18.5. The lowest BCUT2D eigenvalue weighted by molar-refractivity contribution is -0.118. The Kier molecular flexibility index (Phi) is 5.89. The van der Waals surface area contributed by atoms with Crippen molar-refractivity contribution in [2.75, 3.05) is 25.5 Å². The number of nitrogens with one attached hydrogen (secondary N) is 1. The molecule has 0 spiro atoms. The second kappa shape index (κ2) is 8.10. The number of benzene rings is 2. The van der Waals surface area contributed by atoms with Crippen LogP contribution in [-0.2, 0) is 4.79 Å². The molecule has 1 N–H and O–H groups in total. The number of carbonyl (C=O) groups is 2. The maximum atomic E-state index is 13.1. The van der Waals surface area contributed by atoms with E-state index in [0.29, 0.717) is 23.5 Å². The van der Waals surface area contributed by atoms with Gasteiger partial charge in [-0.05, 0) is 43.3 Å². The summed E-state index contributed by atoms with van der Waals surface area (Å²) in [4.78, 5) is 25.5. The fourth-order valence-electron chi connectivity index (χ4n) is 2.00. The molecule has 0 aliphatic carbocycles. The van der Waals surface area contributed by atoms with Crippen LogP contribution < -0.4 is 10.1 Å². The maximum absolute atomic E-state index is 13.1. The van der Waals surface area contributed by atoms with Gasteiger partial charge >= 0.3 is 0 Å². The average Bonchev–Trinajstić information content (AvgIpc) is 2.59. The summed E-state index contributed by atoms with van der Waals surface area (Å²) in [6, 6.07) is 12.2. The number of hydrogen-bond acceptors (Lipinski definition) is 3. The fourth-order valence-corrected chi connectivity index (χ4v) is 2.00. The molecule has 0 aliphatic rings. The van der Waals surface area contributed by atoms with Crippen LogP contribution in [0.5, 0.6) is 5.75 Å². The van der Waals surface area contributed by atoms with Crippen molar-refractivity contribution in [3.8, 4) is 5.75 Å². The van der Waals surface area contributed by atoms with E-state index in [2.05, 4.69) is 5.32 Å². The van der Waals surface area contributed by atoms with Gasteiger partial charge in [-0.3, -0.25) is 9.59 Å². The van der Waals surface area contributed by atoms with Crippen LogP contribution in [0.1, 0.15) is 17.3 Å². The van der Waals surface area contributed by atoms with Crippen molar-refractivity contribution in [1.29, 1.82) is 0 Å². The Bertz CT molecular complexity index is 734. The monoisotopic (exact) mass is 330 g/mol. The van der Waals surface area contributed by atoms with Gasteiger partial charge in [0.25, 0.3) is 11.8 Å². The van der Waals surface area contributed by atoms with Gasteiger partial charge in [-0.15, -0.1) is 0 Å². The lowest BCUT2D eigenvalue weighted by Crippen LogP contribution is -2.26. The first-order valence-electron chi connectivity index (χ1n) is 7.53. The van der Waals surface area contributed by atoms with E-state index < -0.39 is 11.7 Å². The number of hydrogen-bond donors (Lipinski definition) is 1. The number of anilines is 1. The molecule has 24 heavy (non-hydrogen) atoms. The Morgan fingerprint density at radius 3 is 2.62 bits per heavy atom. The lowest BCUT2D eigenvalue weighted by atomic mass is 10.2. The van der Waals surface area contributed by atoms with Gasteiger partial charge in [-0.2, -0.15) is 0 Å². The van der Waals surface area contributed by atoms with E-state index >= 15 is 0 Å². The predicted octanol–water partition coefficient (Wildman–Crippen LogP) is 2.94. The van der Waals surface area contributed by atoms with Crippen molar-refractivity contribution in [3.05, 3.63) is 59.9 Å². The molecular formula is C18H19FN2O3. The lowest BCUT2D eigenvalue weighted by Gasteiger charge is -2.15. The van der Waals surface area contributed by atoms with Crippen molar-refractivity contribution in [3.63, 3.8) is 0 Å². The zero-order valence-corrected chi connectivity index (χ0v) is 13.6. The van der Waals surface area contributed by atoms with Gasteiger partial charge in [0.15, 0.2) is 6.61 Å². The maximum Gasteiger partial charge on any atom is 0.262 e. The smallest absolute Gasteiger partial charge is 0.262 e. The Morgan fingerprint density at radius 1 is 1.17 bits per heavy atom. The van der Waals surface area contributed by atoms with E-state index in [1.165, 1.54) is 18.2 Å². The second-order valence-electron chi connectivity index (χ2n) is 5.19. The van der Waals surface area contributed by atoms with Gasteiger partial charge in [0, 0.05) is 24.8 Å². The van der Waals surface area contributed by atoms with Crippen LogP contribution in [-0.4, -0.2) is 36.9 Å². The largest absolute Gasteiger partial charge is 0.484 e. The number of rotatable bonds is 6. The van der Waals surface area contributed by atoms with Crippen LogP contribution in [0.2, 0.25) is 0 Å². The molecule has 2 amide bonds. The highest BCUT2D eigenvalue weighted by atomic mass is 19.1. The van der Waals surface area contributed by atoms with Crippen LogP contribution in [0.15, 0.2) is 48.5 Å². The van der Waals surface area contributed by atoms with Gasteiger partial charge in [-0.1, -0.05) is 12.1 Å². The zero-order chi connectivity index (χ0) is 17.5. The van der Waals surface area contributed by atoms with E-state index in [0.717, 1.165) is 0 Å². The Labute approximate surface area is 140 Å². The van der Waals surface area contributed by atoms with Crippen LogP contribution in [0.3, 0.4) is 0 Å². The second-order valence-corrected chi connectivity index (χ2v) is 5.19. The predicted molar refractivity (Wildman–Crippen MR) is 89.6 cm³/mol. The minimum Gasteiger partial charge on any atom is -0.484 e. The van der Waals surface area contributed by atoms with Crippen molar-refractivity contribution in [2.45, 2.75) is 6.92 Å². The third-order valence-corrected chi connectivity index (χ3v) is 3.38.